The molecule has 0 radical (unpaired) electrons. The van der Waals surface area contributed by atoms with E-state index < -0.39 is 11.7 Å². The van der Waals surface area contributed by atoms with Crippen molar-refractivity contribution in [2.45, 2.75) is 44.8 Å². The van der Waals surface area contributed by atoms with E-state index in [1.165, 1.54) is 0 Å². The van der Waals surface area contributed by atoms with Gasteiger partial charge in [-0.25, -0.2) is 0 Å². The summed E-state index contributed by atoms with van der Waals surface area (Å²) in [6.45, 7) is 4.09. The minimum atomic E-state index is -0.460. The molecule has 4 heteroatoms. The lowest BCUT2D eigenvalue weighted by atomic mass is 9.88. The summed E-state index contributed by atoms with van der Waals surface area (Å²) in [5.74, 6) is 0. The Morgan fingerprint density at radius 2 is 2.20 bits per heavy atom. The molecule has 0 aromatic carbocycles. The van der Waals surface area contributed by atoms with Crippen LogP contribution in [0.2, 0.25) is 0 Å². The Kier molecular flexibility index (Phi) is 4.70. The molecule has 0 saturated carbocycles. The molecular formula is C11H19NO2S. The molecule has 0 aliphatic rings. The molecule has 0 fully saturated rings. The summed E-state index contributed by atoms with van der Waals surface area (Å²) in [7, 11) is 1.67. The van der Waals surface area contributed by atoms with Gasteiger partial charge in [0.2, 0.25) is 0 Å². The van der Waals surface area contributed by atoms with Gasteiger partial charge in [0.15, 0.2) is 0 Å². The van der Waals surface area contributed by atoms with Crippen LogP contribution in [0.25, 0.3) is 0 Å². The third-order valence-corrected chi connectivity index (χ3v) is 3.89. The Hall–Kier alpha value is -0.450. The fraction of sp³-hybridized carbons (Fsp3) is 0.727. The lowest BCUT2D eigenvalue weighted by molar-refractivity contribution is -0.106. The van der Waals surface area contributed by atoms with Crippen molar-refractivity contribution in [2.24, 2.45) is 0 Å². The molecule has 15 heavy (non-hydrogen) atoms. The van der Waals surface area contributed by atoms with Crippen molar-refractivity contribution in [1.82, 2.24) is 4.98 Å². The van der Waals surface area contributed by atoms with E-state index >= 15 is 0 Å². The summed E-state index contributed by atoms with van der Waals surface area (Å²) >= 11 is 1.57. The third kappa shape index (κ3) is 2.77. The number of aliphatic hydroxyl groups excluding tert-OH is 1. The van der Waals surface area contributed by atoms with Gasteiger partial charge in [-0.1, -0.05) is 13.8 Å². The first-order valence-electron chi connectivity index (χ1n) is 5.29. The van der Waals surface area contributed by atoms with Crippen molar-refractivity contribution >= 4 is 11.3 Å². The Morgan fingerprint density at radius 1 is 1.53 bits per heavy atom. The smallest absolute Gasteiger partial charge is 0.0934 e. The lowest BCUT2D eigenvalue weighted by Gasteiger charge is -2.35. The number of aromatic nitrogens is 1. The lowest BCUT2D eigenvalue weighted by Crippen LogP contribution is -2.44. The summed E-state index contributed by atoms with van der Waals surface area (Å²) < 4.78 is 5.48. The maximum absolute atomic E-state index is 10.2. The van der Waals surface area contributed by atoms with Crippen LogP contribution in [-0.2, 0) is 11.2 Å². The molecule has 1 aromatic heterocycles. The number of aliphatic hydroxyl groups is 1. The number of methoxy groups -OCH3 is 1. The monoisotopic (exact) mass is 229 g/mol. The maximum atomic E-state index is 10.2. The first kappa shape index (κ1) is 12.6. The molecule has 0 saturated heterocycles. The van der Waals surface area contributed by atoms with E-state index in [2.05, 4.69) is 4.98 Å². The van der Waals surface area contributed by atoms with Gasteiger partial charge in [-0.15, -0.1) is 11.3 Å². The molecule has 1 aromatic rings. The Labute approximate surface area is 95.1 Å². The molecular weight excluding hydrogens is 210 g/mol. The molecule has 0 aliphatic heterocycles. The predicted molar refractivity (Wildman–Crippen MR) is 62.1 cm³/mol. The van der Waals surface area contributed by atoms with Crippen LogP contribution in [0.4, 0.5) is 0 Å². The average Bonchev–Trinajstić information content (AvgIpc) is 2.74. The summed E-state index contributed by atoms with van der Waals surface area (Å²) in [6, 6.07) is 0. The van der Waals surface area contributed by atoms with Crippen LogP contribution in [0, 0.1) is 0 Å². The number of hydrogen-bond acceptors (Lipinski definition) is 4. The minimum absolute atomic E-state index is 0.413. The number of rotatable bonds is 6. The first-order chi connectivity index (χ1) is 7.18. The molecule has 1 heterocycles. The number of ether oxygens (including phenoxy) is 1. The van der Waals surface area contributed by atoms with Gasteiger partial charge in [0.05, 0.1) is 17.2 Å². The van der Waals surface area contributed by atoms with Gasteiger partial charge < -0.3 is 9.84 Å². The predicted octanol–water partition coefficient (Wildman–Crippen LogP) is 2.25. The maximum Gasteiger partial charge on any atom is 0.0934 e. The SMILES string of the molecule is CCC(CC)(OC)C(O)Cc1cncs1. The summed E-state index contributed by atoms with van der Waals surface area (Å²) in [5, 5.41) is 10.2. The van der Waals surface area contributed by atoms with Crippen LogP contribution >= 0.6 is 11.3 Å². The highest BCUT2D eigenvalue weighted by molar-refractivity contribution is 7.09. The van der Waals surface area contributed by atoms with Crippen molar-refractivity contribution in [3.63, 3.8) is 0 Å². The molecule has 0 amide bonds. The van der Waals surface area contributed by atoms with Crippen LogP contribution in [-0.4, -0.2) is 28.9 Å². The zero-order valence-corrected chi connectivity index (χ0v) is 10.4. The third-order valence-electron chi connectivity index (χ3n) is 3.09. The largest absolute Gasteiger partial charge is 0.390 e. The quantitative estimate of drug-likeness (QED) is 0.813. The molecule has 3 nitrogen and oxygen atoms in total. The molecule has 0 spiro atoms. The minimum Gasteiger partial charge on any atom is -0.390 e. The van der Waals surface area contributed by atoms with E-state index in [4.69, 9.17) is 4.74 Å². The molecule has 1 N–H and O–H groups in total. The highest BCUT2D eigenvalue weighted by atomic mass is 32.1. The Balaban J connectivity index is 2.68. The summed E-state index contributed by atoms with van der Waals surface area (Å²) in [5.41, 5.74) is 1.37. The number of thiazole rings is 1. The van der Waals surface area contributed by atoms with Crippen molar-refractivity contribution < 1.29 is 9.84 Å². The van der Waals surface area contributed by atoms with Gasteiger partial charge in [0, 0.05) is 24.6 Å². The standard InChI is InChI=1S/C11H19NO2S/c1-4-11(5-2,14-3)10(13)6-9-7-12-8-15-9/h7-8,10,13H,4-6H2,1-3H3. The molecule has 0 aliphatic carbocycles. The van der Waals surface area contributed by atoms with Crippen LogP contribution in [0.1, 0.15) is 31.6 Å². The zero-order valence-electron chi connectivity index (χ0n) is 9.56. The van der Waals surface area contributed by atoms with Gasteiger partial charge >= 0.3 is 0 Å². The second-order valence-electron chi connectivity index (χ2n) is 3.66. The highest BCUT2D eigenvalue weighted by Gasteiger charge is 2.34. The van der Waals surface area contributed by atoms with Gasteiger partial charge in [0.25, 0.3) is 0 Å². The molecule has 1 unspecified atom stereocenters. The second kappa shape index (κ2) is 5.58. The topological polar surface area (TPSA) is 42.4 Å². The van der Waals surface area contributed by atoms with Crippen LogP contribution in [0.3, 0.4) is 0 Å². The number of hydrogen-bond donors (Lipinski definition) is 1. The van der Waals surface area contributed by atoms with E-state index in [9.17, 15) is 5.11 Å². The Bertz CT molecular complexity index is 262. The summed E-state index contributed by atoms with van der Waals surface area (Å²) in [4.78, 5) is 5.10. The van der Waals surface area contributed by atoms with E-state index in [0.29, 0.717) is 6.42 Å². The fourth-order valence-electron chi connectivity index (χ4n) is 1.87. The van der Waals surface area contributed by atoms with Gasteiger partial charge in [-0.05, 0) is 12.8 Å². The molecule has 1 atom stereocenters. The van der Waals surface area contributed by atoms with Crippen LogP contribution in [0.5, 0.6) is 0 Å². The van der Waals surface area contributed by atoms with Gasteiger partial charge in [-0.2, -0.15) is 0 Å². The summed E-state index contributed by atoms with van der Waals surface area (Å²) in [6.07, 6.45) is 3.61. The zero-order chi connectivity index (χ0) is 11.3. The van der Waals surface area contributed by atoms with Crippen molar-refractivity contribution in [1.29, 1.82) is 0 Å². The van der Waals surface area contributed by atoms with E-state index in [1.807, 2.05) is 13.8 Å². The Morgan fingerprint density at radius 3 is 2.60 bits per heavy atom. The molecule has 0 bridgehead atoms. The van der Waals surface area contributed by atoms with Crippen LogP contribution in [0.15, 0.2) is 11.7 Å². The average molecular weight is 229 g/mol. The fourth-order valence-corrected chi connectivity index (χ4v) is 2.50. The van der Waals surface area contributed by atoms with Gasteiger partial charge in [-0.3, -0.25) is 4.98 Å². The van der Waals surface area contributed by atoms with Crippen molar-refractivity contribution in [3.8, 4) is 0 Å². The van der Waals surface area contributed by atoms with Gasteiger partial charge in [0.1, 0.15) is 0 Å². The van der Waals surface area contributed by atoms with Crippen LogP contribution < -0.4 is 0 Å². The first-order valence-corrected chi connectivity index (χ1v) is 6.17. The van der Waals surface area contributed by atoms with Crippen molar-refractivity contribution in [2.75, 3.05) is 7.11 Å². The second-order valence-corrected chi connectivity index (χ2v) is 4.63. The number of nitrogens with zero attached hydrogens (tertiary/aromatic N) is 1. The van der Waals surface area contributed by atoms with E-state index in [1.54, 1.807) is 30.2 Å². The normalized spacial score (nSPS) is 14.1. The van der Waals surface area contributed by atoms with E-state index in [0.717, 1.165) is 17.7 Å². The van der Waals surface area contributed by atoms with Crippen molar-refractivity contribution in [3.05, 3.63) is 16.6 Å². The van der Waals surface area contributed by atoms with E-state index in [-0.39, 0.29) is 0 Å². The highest BCUT2D eigenvalue weighted by Crippen LogP contribution is 2.27. The molecule has 86 valence electrons. The molecule has 1 rings (SSSR count).